The van der Waals surface area contributed by atoms with E-state index in [1.54, 1.807) is 0 Å². The second-order valence-electron chi connectivity index (χ2n) is 4.68. The molecule has 2 N–H and O–H groups in total. The molecule has 2 rings (SSSR count). The van der Waals surface area contributed by atoms with Crippen LogP contribution in [0.15, 0.2) is 0 Å². The van der Waals surface area contributed by atoms with Gasteiger partial charge >= 0.3 is 0 Å². The van der Waals surface area contributed by atoms with Crippen molar-refractivity contribution in [2.24, 2.45) is 11.7 Å². The van der Waals surface area contributed by atoms with Gasteiger partial charge in [-0.3, -0.25) is 0 Å². The van der Waals surface area contributed by atoms with E-state index in [1.807, 2.05) is 0 Å². The van der Waals surface area contributed by atoms with Gasteiger partial charge in [0.2, 0.25) is 0 Å². The molecule has 2 heteroatoms. The standard InChI is InChI=1S/C11H22N2/c12-8-10-4-3-7-13(9-10)11-5-1-2-6-11/h10-11H,1-9,12H2/t10-/m1/s1. The zero-order valence-corrected chi connectivity index (χ0v) is 8.54. The summed E-state index contributed by atoms with van der Waals surface area (Å²) in [6.45, 7) is 3.51. The second-order valence-corrected chi connectivity index (χ2v) is 4.68. The van der Waals surface area contributed by atoms with Crippen LogP contribution in [0, 0.1) is 5.92 Å². The lowest BCUT2D eigenvalue weighted by molar-refractivity contribution is 0.128. The molecule has 0 unspecified atom stereocenters. The van der Waals surface area contributed by atoms with Crippen LogP contribution >= 0.6 is 0 Å². The maximum Gasteiger partial charge on any atom is 0.00953 e. The van der Waals surface area contributed by atoms with Crippen LogP contribution in [0.25, 0.3) is 0 Å². The minimum absolute atomic E-state index is 0.786. The van der Waals surface area contributed by atoms with Crippen LogP contribution < -0.4 is 5.73 Å². The highest BCUT2D eigenvalue weighted by atomic mass is 15.2. The average molecular weight is 182 g/mol. The Hall–Kier alpha value is -0.0800. The van der Waals surface area contributed by atoms with Gasteiger partial charge < -0.3 is 10.6 Å². The summed E-state index contributed by atoms with van der Waals surface area (Å²) in [6.07, 6.45) is 8.52. The largest absolute Gasteiger partial charge is 0.330 e. The first-order chi connectivity index (χ1) is 6.40. The van der Waals surface area contributed by atoms with Crippen molar-refractivity contribution < 1.29 is 0 Å². The Kier molecular flexibility index (Phi) is 3.23. The fourth-order valence-electron chi connectivity index (χ4n) is 2.89. The zero-order valence-electron chi connectivity index (χ0n) is 8.54. The van der Waals surface area contributed by atoms with Gasteiger partial charge in [0.1, 0.15) is 0 Å². The van der Waals surface area contributed by atoms with E-state index in [0.29, 0.717) is 0 Å². The molecular formula is C11H22N2. The van der Waals surface area contributed by atoms with Crippen LogP contribution in [0.4, 0.5) is 0 Å². The molecular weight excluding hydrogens is 160 g/mol. The van der Waals surface area contributed by atoms with E-state index >= 15 is 0 Å². The van der Waals surface area contributed by atoms with Crippen LogP contribution in [0.2, 0.25) is 0 Å². The quantitative estimate of drug-likeness (QED) is 0.703. The van der Waals surface area contributed by atoms with Gasteiger partial charge in [-0.25, -0.2) is 0 Å². The summed E-state index contributed by atoms with van der Waals surface area (Å²) in [5.41, 5.74) is 5.74. The summed E-state index contributed by atoms with van der Waals surface area (Å²) in [7, 11) is 0. The maximum absolute atomic E-state index is 5.74. The molecule has 0 aromatic rings. The molecule has 76 valence electrons. The molecule has 2 aliphatic rings. The Morgan fingerprint density at radius 3 is 2.54 bits per heavy atom. The van der Waals surface area contributed by atoms with Crippen LogP contribution in [-0.4, -0.2) is 30.6 Å². The van der Waals surface area contributed by atoms with E-state index in [-0.39, 0.29) is 0 Å². The fraction of sp³-hybridized carbons (Fsp3) is 1.00. The third-order valence-corrected chi connectivity index (χ3v) is 3.72. The minimum atomic E-state index is 0.786. The third kappa shape index (κ3) is 2.23. The molecule has 0 aromatic heterocycles. The predicted molar refractivity (Wildman–Crippen MR) is 55.6 cm³/mol. The molecule has 1 aliphatic carbocycles. The fourth-order valence-corrected chi connectivity index (χ4v) is 2.89. The number of likely N-dealkylation sites (tertiary alicyclic amines) is 1. The molecule has 0 amide bonds. The molecule has 2 fully saturated rings. The lowest BCUT2D eigenvalue weighted by Gasteiger charge is -2.36. The lowest BCUT2D eigenvalue weighted by atomic mass is 9.96. The van der Waals surface area contributed by atoms with Gasteiger partial charge in [-0.05, 0) is 44.7 Å². The Morgan fingerprint density at radius 1 is 1.08 bits per heavy atom. The van der Waals surface area contributed by atoms with Gasteiger partial charge in [0.05, 0.1) is 0 Å². The zero-order chi connectivity index (χ0) is 9.10. The average Bonchev–Trinajstić information content (AvgIpc) is 2.71. The molecule has 1 saturated carbocycles. The van der Waals surface area contributed by atoms with Gasteiger partial charge in [-0.1, -0.05) is 12.8 Å². The summed E-state index contributed by atoms with van der Waals surface area (Å²) >= 11 is 0. The van der Waals surface area contributed by atoms with Crippen molar-refractivity contribution in [1.82, 2.24) is 4.90 Å². The van der Waals surface area contributed by atoms with Crippen molar-refractivity contribution in [2.45, 2.75) is 44.6 Å². The summed E-state index contributed by atoms with van der Waals surface area (Å²) in [4.78, 5) is 2.70. The third-order valence-electron chi connectivity index (χ3n) is 3.72. The number of hydrogen-bond donors (Lipinski definition) is 1. The highest BCUT2D eigenvalue weighted by Gasteiger charge is 2.26. The van der Waals surface area contributed by atoms with E-state index in [9.17, 15) is 0 Å². The Balaban J connectivity index is 1.84. The molecule has 13 heavy (non-hydrogen) atoms. The van der Waals surface area contributed by atoms with Gasteiger partial charge in [0, 0.05) is 12.6 Å². The first kappa shape index (κ1) is 9.47. The number of nitrogens with two attached hydrogens (primary N) is 1. The highest BCUT2D eigenvalue weighted by molar-refractivity contribution is 4.82. The van der Waals surface area contributed by atoms with Gasteiger partial charge in [-0.2, -0.15) is 0 Å². The maximum atomic E-state index is 5.74. The lowest BCUT2D eigenvalue weighted by Crippen LogP contribution is -2.43. The van der Waals surface area contributed by atoms with Crippen LogP contribution in [0.1, 0.15) is 38.5 Å². The number of hydrogen-bond acceptors (Lipinski definition) is 2. The molecule has 2 nitrogen and oxygen atoms in total. The van der Waals surface area contributed by atoms with Gasteiger partial charge in [0.15, 0.2) is 0 Å². The SMILES string of the molecule is NC[C@H]1CCCN(C2CCCC2)C1. The molecule has 1 heterocycles. The minimum Gasteiger partial charge on any atom is -0.330 e. The molecule has 0 bridgehead atoms. The van der Waals surface area contributed by atoms with E-state index in [4.69, 9.17) is 5.73 Å². The summed E-state index contributed by atoms with van der Waals surface area (Å²) in [5.74, 6) is 0.786. The number of piperidine rings is 1. The molecule has 1 aliphatic heterocycles. The molecule has 1 atom stereocenters. The van der Waals surface area contributed by atoms with E-state index < -0.39 is 0 Å². The molecule has 0 aromatic carbocycles. The van der Waals surface area contributed by atoms with Crippen LogP contribution in [-0.2, 0) is 0 Å². The van der Waals surface area contributed by atoms with E-state index in [2.05, 4.69) is 4.90 Å². The van der Waals surface area contributed by atoms with Gasteiger partial charge in [-0.15, -0.1) is 0 Å². The van der Waals surface area contributed by atoms with E-state index in [0.717, 1.165) is 18.5 Å². The molecule has 1 saturated heterocycles. The first-order valence-electron chi connectivity index (χ1n) is 5.84. The number of rotatable bonds is 2. The summed E-state index contributed by atoms with van der Waals surface area (Å²) in [5, 5.41) is 0. The van der Waals surface area contributed by atoms with Crippen molar-refractivity contribution >= 4 is 0 Å². The van der Waals surface area contributed by atoms with Crippen molar-refractivity contribution in [2.75, 3.05) is 19.6 Å². The summed E-state index contributed by atoms with van der Waals surface area (Å²) in [6, 6.07) is 0.911. The monoisotopic (exact) mass is 182 g/mol. The second kappa shape index (κ2) is 4.43. The topological polar surface area (TPSA) is 29.3 Å². The smallest absolute Gasteiger partial charge is 0.00953 e. The molecule has 0 spiro atoms. The van der Waals surface area contributed by atoms with Crippen molar-refractivity contribution in [3.8, 4) is 0 Å². The van der Waals surface area contributed by atoms with Crippen LogP contribution in [0.5, 0.6) is 0 Å². The van der Waals surface area contributed by atoms with Gasteiger partial charge in [0.25, 0.3) is 0 Å². The van der Waals surface area contributed by atoms with Crippen LogP contribution in [0.3, 0.4) is 0 Å². The van der Waals surface area contributed by atoms with Crippen molar-refractivity contribution in [1.29, 1.82) is 0 Å². The Labute approximate surface area is 81.5 Å². The van der Waals surface area contributed by atoms with Crippen molar-refractivity contribution in [3.05, 3.63) is 0 Å². The first-order valence-corrected chi connectivity index (χ1v) is 5.84. The Morgan fingerprint density at radius 2 is 1.85 bits per heavy atom. The molecule has 0 radical (unpaired) electrons. The predicted octanol–water partition coefficient (Wildman–Crippen LogP) is 1.60. The number of nitrogens with zero attached hydrogens (tertiary/aromatic N) is 1. The highest BCUT2D eigenvalue weighted by Crippen LogP contribution is 2.27. The van der Waals surface area contributed by atoms with Crippen molar-refractivity contribution in [3.63, 3.8) is 0 Å². The summed E-state index contributed by atoms with van der Waals surface area (Å²) < 4.78 is 0. The normalized spacial score (nSPS) is 32.5. The van der Waals surface area contributed by atoms with E-state index in [1.165, 1.54) is 51.6 Å². The Bertz CT molecular complexity index is 152.